The SMILES string of the molecule is O=[N+]([O-])O.O=[N+]([O-])[O-].O=[N+]([O-])[O-].O=[N+]([O-])[O-].[K+].[Pd+2]. The maximum Gasteiger partial charge on any atom is 2.00 e. The molecule has 0 atom stereocenters. The quantitative estimate of drug-likeness (QED) is 0.233. The smallest absolute Gasteiger partial charge is 0.356 e. The summed E-state index contributed by atoms with van der Waals surface area (Å²) < 4.78 is 0. The first-order valence-corrected chi connectivity index (χ1v) is 2.21. The Hall–Kier alpha value is -0.901. The Morgan fingerprint density at radius 3 is 0.611 bits per heavy atom. The molecule has 18 heavy (non-hydrogen) atoms. The van der Waals surface area contributed by atoms with Crippen LogP contribution in [0.15, 0.2) is 0 Å². The molecule has 0 aliphatic rings. The number of nitrogens with zero attached hydrogens (tertiary/aromatic N) is 4. The van der Waals surface area contributed by atoms with Gasteiger partial charge in [0, 0.05) is 0 Å². The first-order chi connectivity index (χ1) is 6.93. The Bertz CT molecular complexity index is 164. The Kier molecular flexibility index (Phi) is 59.5. The summed E-state index contributed by atoms with van der Waals surface area (Å²) in [6, 6.07) is 0. The largest absolute Gasteiger partial charge is 2.00 e. The molecule has 18 heteroatoms. The van der Waals surface area contributed by atoms with E-state index in [1.54, 1.807) is 0 Å². The van der Waals surface area contributed by atoms with Crippen molar-refractivity contribution < 1.29 is 97.4 Å². The molecule has 0 saturated carbocycles. The van der Waals surface area contributed by atoms with E-state index in [-0.39, 0.29) is 71.8 Å². The van der Waals surface area contributed by atoms with Gasteiger partial charge in [-0.25, -0.2) is 0 Å². The second-order valence-electron chi connectivity index (χ2n) is 0.909. The Morgan fingerprint density at radius 1 is 0.611 bits per heavy atom. The maximum atomic E-state index is 8.36. The second-order valence-corrected chi connectivity index (χ2v) is 0.909. The van der Waals surface area contributed by atoms with Crippen LogP contribution in [0.3, 0.4) is 0 Å². The van der Waals surface area contributed by atoms with Crippen molar-refractivity contribution in [1.82, 2.24) is 0 Å². The summed E-state index contributed by atoms with van der Waals surface area (Å²) in [4.78, 5) is 33.1. The van der Waals surface area contributed by atoms with E-state index >= 15 is 0 Å². The van der Waals surface area contributed by atoms with E-state index in [9.17, 15) is 0 Å². The molecule has 0 fully saturated rings. The predicted molar refractivity (Wildman–Crippen MR) is 39.9 cm³/mol. The van der Waals surface area contributed by atoms with Crippen LogP contribution < -0.4 is 51.4 Å². The van der Waals surface area contributed by atoms with Gasteiger partial charge in [0.15, 0.2) is 0 Å². The molecule has 16 nitrogen and oxygen atoms in total. The van der Waals surface area contributed by atoms with Gasteiger partial charge in [0.25, 0.3) is 5.09 Å². The number of hydrogen-bond donors (Lipinski definition) is 1. The first kappa shape index (κ1) is 36.0. The third-order valence-corrected chi connectivity index (χ3v) is 0. The summed E-state index contributed by atoms with van der Waals surface area (Å²) in [5, 5.41) is 57.9. The molecule has 0 heterocycles. The average molecular weight is 395 g/mol. The van der Waals surface area contributed by atoms with Gasteiger partial charge in [-0.2, -0.15) is 0 Å². The van der Waals surface area contributed by atoms with E-state index < -0.39 is 20.3 Å². The monoisotopic (exact) mass is 394 g/mol. The predicted octanol–water partition coefficient (Wildman–Crippen LogP) is -4.06. The van der Waals surface area contributed by atoms with Crippen LogP contribution in [0.2, 0.25) is 0 Å². The maximum absolute atomic E-state index is 8.36. The molecule has 0 rings (SSSR count). The van der Waals surface area contributed by atoms with Crippen LogP contribution >= 0.6 is 0 Å². The van der Waals surface area contributed by atoms with Gasteiger partial charge < -0.3 is 51.2 Å². The number of hydrogen-bond acceptors (Lipinski definition) is 11. The van der Waals surface area contributed by atoms with Crippen LogP contribution in [-0.2, 0) is 20.4 Å². The first-order valence-electron chi connectivity index (χ1n) is 2.21. The third-order valence-electron chi connectivity index (χ3n) is 0. The van der Waals surface area contributed by atoms with Crippen LogP contribution in [0.25, 0.3) is 0 Å². The fourth-order valence-corrected chi connectivity index (χ4v) is 0. The van der Waals surface area contributed by atoms with Crippen molar-refractivity contribution in [3.63, 3.8) is 0 Å². The summed E-state index contributed by atoms with van der Waals surface area (Å²) in [5.74, 6) is 0. The van der Waals surface area contributed by atoms with Crippen LogP contribution in [-0.4, -0.2) is 25.6 Å². The molecule has 0 unspecified atom stereocenters. The van der Waals surface area contributed by atoms with Crippen molar-refractivity contribution in [1.29, 1.82) is 0 Å². The molecule has 0 spiro atoms. The molecule has 0 aliphatic carbocycles. The molecule has 0 bridgehead atoms. The molecule has 0 aromatic rings. The summed E-state index contributed by atoms with van der Waals surface area (Å²) >= 11 is 0. The van der Waals surface area contributed by atoms with E-state index in [1.165, 1.54) is 0 Å². The van der Waals surface area contributed by atoms with Gasteiger partial charge in [-0.05, 0) is 0 Å². The minimum atomic E-state index is -1.75. The molecular weight excluding hydrogens is 394 g/mol. The van der Waals surface area contributed by atoms with Gasteiger partial charge in [-0.15, -0.1) is 10.1 Å². The van der Waals surface area contributed by atoms with E-state index in [2.05, 4.69) is 0 Å². The fourth-order valence-electron chi connectivity index (χ4n) is 0. The van der Waals surface area contributed by atoms with Gasteiger partial charge in [0.05, 0.1) is 15.3 Å². The standard InChI is InChI=1S/K.HNO3.3NO3.Pd/c;4*2-1(3)4;/h;(H,2,3,4);;;;/q+1;;3*-1;+2. The zero-order valence-electron chi connectivity index (χ0n) is 8.04. The molecule has 1 N–H and O–H groups in total. The summed E-state index contributed by atoms with van der Waals surface area (Å²) in [5.41, 5.74) is 0. The fraction of sp³-hybridized carbons (Fsp3) is 0. The molecule has 0 aliphatic heterocycles. The minimum Gasteiger partial charge on any atom is -0.356 e. The van der Waals surface area contributed by atoms with Gasteiger partial charge in [-0.3, -0.25) is 0 Å². The van der Waals surface area contributed by atoms with Crippen LogP contribution in [0.1, 0.15) is 0 Å². The molecule has 104 valence electrons. The van der Waals surface area contributed by atoms with Crippen LogP contribution in [0, 0.1) is 56.1 Å². The Morgan fingerprint density at radius 2 is 0.611 bits per heavy atom. The zero-order valence-corrected chi connectivity index (χ0v) is 12.7. The van der Waals surface area contributed by atoms with Crippen molar-refractivity contribution >= 4 is 0 Å². The summed E-state index contributed by atoms with van der Waals surface area (Å²) in [6.45, 7) is 0. The molecule has 0 amide bonds. The van der Waals surface area contributed by atoms with E-state index in [4.69, 9.17) is 61.3 Å². The molecule has 0 aromatic carbocycles. The van der Waals surface area contributed by atoms with E-state index in [1.807, 2.05) is 0 Å². The van der Waals surface area contributed by atoms with Crippen LogP contribution in [0.5, 0.6) is 0 Å². The minimum absolute atomic E-state index is 0. The molecule has 0 saturated heterocycles. The van der Waals surface area contributed by atoms with Crippen LogP contribution in [0.4, 0.5) is 0 Å². The Balaban J connectivity index is -0.0000000257. The summed E-state index contributed by atoms with van der Waals surface area (Å²) in [6.07, 6.45) is 0. The van der Waals surface area contributed by atoms with E-state index in [0.29, 0.717) is 0 Å². The van der Waals surface area contributed by atoms with Gasteiger partial charge in [-0.1, -0.05) is 0 Å². The molecular formula is HKN4O12Pd. The van der Waals surface area contributed by atoms with Gasteiger partial charge in [0.2, 0.25) is 0 Å². The topological polar surface area (TPSA) is 262 Å². The van der Waals surface area contributed by atoms with Crippen molar-refractivity contribution in [2.75, 3.05) is 0 Å². The van der Waals surface area contributed by atoms with Crippen molar-refractivity contribution in [2.45, 2.75) is 0 Å². The third kappa shape index (κ3) is 3690. The van der Waals surface area contributed by atoms with Crippen molar-refractivity contribution in [3.05, 3.63) is 56.1 Å². The number of rotatable bonds is 0. The van der Waals surface area contributed by atoms with Gasteiger partial charge in [0.1, 0.15) is 0 Å². The average Bonchev–Trinajstić information content (AvgIpc) is 1.76. The molecule has 0 aromatic heterocycles. The molecule has 0 radical (unpaired) electrons. The Labute approximate surface area is 152 Å². The second kappa shape index (κ2) is 29.8. The van der Waals surface area contributed by atoms with Crippen molar-refractivity contribution in [3.8, 4) is 0 Å². The normalized spacial score (nSPS) is 5.33. The zero-order chi connectivity index (χ0) is 14.3. The summed E-state index contributed by atoms with van der Waals surface area (Å²) in [7, 11) is 0. The van der Waals surface area contributed by atoms with Crippen molar-refractivity contribution in [2.24, 2.45) is 0 Å². The van der Waals surface area contributed by atoms with Gasteiger partial charge >= 0.3 is 71.8 Å². The van der Waals surface area contributed by atoms with E-state index in [0.717, 1.165) is 0 Å².